The number of aromatic nitrogens is 3. The molecule has 0 atom stereocenters. The van der Waals surface area contributed by atoms with Crippen LogP contribution < -0.4 is 5.32 Å². The van der Waals surface area contributed by atoms with E-state index in [9.17, 15) is 4.79 Å². The molecule has 0 bridgehead atoms. The van der Waals surface area contributed by atoms with Crippen LogP contribution >= 0.6 is 0 Å². The average molecular weight is 380 g/mol. The van der Waals surface area contributed by atoms with E-state index in [1.807, 2.05) is 18.2 Å². The predicted molar refractivity (Wildman–Crippen MR) is 112 cm³/mol. The molecule has 1 saturated heterocycles. The molecule has 1 aliphatic rings. The molecule has 3 aromatic rings. The first-order valence-corrected chi connectivity index (χ1v) is 9.89. The Labute approximate surface area is 165 Å². The van der Waals surface area contributed by atoms with Gasteiger partial charge < -0.3 is 9.88 Å². The summed E-state index contributed by atoms with van der Waals surface area (Å²) in [6.45, 7) is 10.7. The van der Waals surface area contributed by atoms with E-state index in [1.165, 1.54) is 11.4 Å². The molecule has 7 nitrogen and oxygen atoms in total. The molecule has 7 heteroatoms. The van der Waals surface area contributed by atoms with Gasteiger partial charge in [0.15, 0.2) is 0 Å². The SMILES string of the molecule is Cc1ccc(C)n1CCN1CCN(CC(=O)Nc2ccc3cn[nH]c3c2)CC1. The van der Waals surface area contributed by atoms with Gasteiger partial charge in [0.05, 0.1) is 18.3 Å². The minimum absolute atomic E-state index is 0.0332. The summed E-state index contributed by atoms with van der Waals surface area (Å²) < 4.78 is 2.37. The quantitative estimate of drug-likeness (QED) is 0.688. The van der Waals surface area contributed by atoms with Gasteiger partial charge in [-0.3, -0.25) is 19.7 Å². The third-order valence-electron chi connectivity index (χ3n) is 5.61. The lowest BCUT2D eigenvalue weighted by molar-refractivity contribution is -0.117. The van der Waals surface area contributed by atoms with Gasteiger partial charge in [-0.15, -0.1) is 0 Å². The number of nitrogens with one attached hydrogen (secondary N) is 2. The molecular weight excluding hydrogens is 352 g/mol. The number of carbonyl (C=O) groups excluding carboxylic acids is 1. The van der Waals surface area contributed by atoms with Crippen molar-refractivity contribution in [3.8, 4) is 0 Å². The van der Waals surface area contributed by atoms with Crippen molar-refractivity contribution >= 4 is 22.5 Å². The van der Waals surface area contributed by atoms with Crippen molar-refractivity contribution in [1.82, 2.24) is 24.6 Å². The molecule has 2 aromatic heterocycles. The number of rotatable bonds is 6. The van der Waals surface area contributed by atoms with Gasteiger partial charge in [-0.05, 0) is 44.2 Å². The summed E-state index contributed by atoms with van der Waals surface area (Å²) in [5, 5.41) is 11.0. The minimum atomic E-state index is 0.0332. The van der Waals surface area contributed by atoms with Crippen LogP contribution in [0.15, 0.2) is 36.5 Å². The summed E-state index contributed by atoms with van der Waals surface area (Å²) in [4.78, 5) is 17.1. The minimum Gasteiger partial charge on any atom is -0.348 e. The monoisotopic (exact) mass is 380 g/mol. The van der Waals surface area contributed by atoms with E-state index >= 15 is 0 Å². The zero-order valence-electron chi connectivity index (χ0n) is 16.6. The standard InChI is InChI=1S/C21H28N6O/c1-16-3-4-17(2)27(16)12-11-25-7-9-26(10-8-25)15-21(28)23-19-6-5-18-14-22-24-20(18)13-19/h3-6,13-14H,7-12,15H2,1-2H3,(H,22,24)(H,23,28). The Morgan fingerprint density at radius 2 is 1.75 bits per heavy atom. The number of amides is 1. The van der Waals surface area contributed by atoms with Crippen molar-refractivity contribution in [1.29, 1.82) is 0 Å². The van der Waals surface area contributed by atoms with Gasteiger partial charge >= 0.3 is 0 Å². The maximum Gasteiger partial charge on any atom is 0.238 e. The fraction of sp³-hybridized carbons (Fsp3) is 0.429. The Hall–Kier alpha value is -2.64. The molecule has 0 saturated carbocycles. The van der Waals surface area contributed by atoms with Gasteiger partial charge in [-0.25, -0.2) is 0 Å². The van der Waals surface area contributed by atoms with E-state index in [1.54, 1.807) is 6.20 Å². The topological polar surface area (TPSA) is 69.2 Å². The Morgan fingerprint density at radius 1 is 1.04 bits per heavy atom. The van der Waals surface area contributed by atoms with Crippen LogP contribution in [0.3, 0.4) is 0 Å². The van der Waals surface area contributed by atoms with Gasteiger partial charge in [0, 0.05) is 61.7 Å². The van der Waals surface area contributed by atoms with Gasteiger partial charge in [-0.1, -0.05) is 0 Å². The molecule has 1 aromatic carbocycles. The zero-order valence-corrected chi connectivity index (χ0v) is 16.6. The smallest absolute Gasteiger partial charge is 0.238 e. The lowest BCUT2D eigenvalue weighted by Crippen LogP contribution is -2.49. The maximum atomic E-state index is 12.4. The van der Waals surface area contributed by atoms with E-state index in [2.05, 4.69) is 55.9 Å². The fourth-order valence-electron chi connectivity index (χ4n) is 3.88. The van der Waals surface area contributed by atoms with Crippen molar-refractivity contribution in [2.45, 2.75) is 20.4 Å². The van der Waals surface area contributed by atoms with Gasteiger partial charge in [0.25, 0.3) is 0 Å². The van der Waals surface area contributed by atoms with Crippen molar-refractivity contribution in [2.24, 2.45) is 0 Å². The Kier molecular flexibility index (Phi) is 5.45. The average Bonchev–Trinajstić information content (AvgIpc) is 3.27. The zero-order chi connectivity index (χ0) is 19.5. The molecule has 0 spiro atoms. The maximum absolute atomic E-state index is 12.4. The first-order chi connectivity index (χ1) is 13.6. The van der Waals surface area contributed by atoms with Crippen LogP contribution in [-0.2, 0) is 11.3 Å². The van der Waals surface area contributed by atoms with Gasteiger partial charge in [0.1, 0.15) is 0 Å². The number of aromatic amines is 1. The second-order valence-corrected chi connectivity index (χ2v) is 7.61. The molecule has 2 N–H and O–H groups in total. The van der Waals surface area contributed by atoms with Crippen molar-refractivity contribution in [3.63, 3.8) is 0 Å². The summed E-state index contributed by atoms with van der Waals surface area (Å²) in [6.07, 6.45) is 1.78. The number of benzene rings is 1. The summed E-state index contributed by atoms with van der Waals surface area (Å²) in [5.74, 6) is 0.0332. The van der Waals surface area contributed by atoms with Gasteiger partial charge in [0.2, 0.25) is 5.91 Å². The molecule has 0 radical (unpaired) electrons. The van der Waals surface area contributed by atoms with Gasteiger partial charge in [-0.2, -0.15) is 5.10 Å². The second-order valence-electron chi connectivity index (χ2n) is 7.61. The van der Waals surface area contributed by atoms with Crippen molar-refractivity contribution < 1.29 is 4.79 Å². The Bertz CT molecular complexity index is 931. The van der Waals surface area contributed by atoms with Crippen LogP contribution in [0.25, 0.3) is 10.9 Å². The molecule has 0 unspecified atom stereocenters. The Balaban J connectivity index is 1.22. The van der Waals surface area contributed by atoms with Crippen LogP contribution in [-0.4, -0.2) is 69.7 Å². The summed E-state index contributed by atoms with van der Waals surface area (Å²) >= 11 is 0. The lowest BCUT2D eigenvalue weighted by Gasteiger charge is -2.34. The number of anilines is 1. The molecule has 3 heterocycles. The van der Waals surface area contributed by atoms with E-state index in [0.717, 1.165) is 55.9 Å². The lowest BCUT2D eigenvalue weighted by atomic mass is 10.2. The predicted octanol–water partition coefficient (Wildman–Crippen LogP) is 2.24. The summed E-state index contributed by atoms with van der Waals surface area (Å²) in [7, 11) is 0. The van der Waals surface area contributed by atoms with Crippen molar-refractivity contribution in [3.05, 3.63) is 47.9 Å². The third kappa shape index (κ3) is 4.26. The number of H-pyrrole nitrogens is 1. The van der Waals surface area contributed by atoms with Crippen molar-refractivity contribution in [2.75, 3.05) is 44.6 Å². The highest BCUT2D eigenvalue weighted by Crippen LogP contribution is 2.16. The third-order valence-corrected chi connectivity index (χ3v) is 5.61. The molecule has 1 amide bonds. The normalized spacial score (nSPS) is 15.9. The first-order valence-electron chi connectivity index (χ1n) is 9.89. The summed E-state index contributed by atoms with van der Waals surface area (Å²) in [5.41, 5.74) is 4.37. The molecular formula is C21H28N6O. The Morgan fingerprint density at radius 3 is 2.50 bits per heavy atom. The molecule has 4 rings (SSSR count). The second kappa shape index (κ2) is 8.16. The number of aryl methyl sites for hydroxylation is 2. The molecule has 1 fully saturated rings. The summed E-state index contributed by atoms with van der Waals surface area (Å²) in [6, 6.07) is 10.1. The number of nitrogens with zero attached hydrogens (tertiary/aromatic N) is 4. The van der Waals surface area contributed by atoms with E-state index < -0.39 is 0 Å². The molecule has 28 heavy (non-hydrogen) atoms. The number of carbonyl (C=O) groups is 1. The number of hydrogen-bond acceptors (Lipinski definition) is 4. The molecule has 0 aliphatic carbocycles. The van der Waals surface area contributed by atoms with E-state index in [0.29, 0.717) is 6.54 Å². The van der Waals surface area contributed by atoms with Crippen LogP contribution in [0.2, 0.25) is 0 Å². The van der Waals surface area contributed by atoms with Crippen LogP contribution in [0.5, 0.6) is 0 Å². The number of fused-ring (bicyclic) bond motifs is 1. The molecule has 1 aliphatic heterocycles. The highest BCUT2D eigenvalue weighted by Gasteiger charge is 2.19. The van der Waals surface area contributed by atoms with E-state index in [4.69, 9.17) is 0 Å². The van der Waals surface area contributed by atoms with E-state index in [-0.39, 0.29) is 5.91 Å². The van der Waals surface area contributed by atoms with Crippen LogP contribution in [0.1, 0.15) is 11.4 Å². The van der Waals surface area contributed by atoms with Crippen LogP contribution in [0.4, 0.5) is 5.69 Å². The fourth-order valence-corrected chi connectivity index (χ4v) is 3.88. The largest absolute Gasteiger partial charge is 0.348 e. The highest BCUT2D eigenvalue weighted by molar-refractivity contribution is 5.94. The van der Waals surface area contributed by atoms with Crippen LogP contribution in [0, 0.1) is 13.8 Å². The number of piperazine rings is 1. The molecule has 148 valence electrons. The highest BCUT2D eigenvalue weighted by atomic mass is 16.2. The number of hydrogen-bond donors (Lipinski definition) is 2. The first kappa shape index (κ1) is 18.7.